The van der Waals surface area contributed by atoms with E-state index in [1.54, 1.807) is 0 Å². The molecule has 37 heteroatoms. The van der Waals surface area contributed by atoms with E-state index in [9.17, 15) is 69.6 Å². The minimum Gasteiger partial charge on any atom is -0.351 e. The molecule has 0 spiro atoms. The number of hydrogen-bond donors (Lipinski definition) is 11. The molecule has 0 saturated heterocycles. The summed E-state index contributed by atoms with van der Waals surface area (Å²) in [5, 5.41) is 18.8. The minimum absolute atomic E-state index is 0.0435. The molecule has 0 aliphatic rings. The number of azo groups is 1. The van der Waals surface area contributed by atoms with Gasteiger partial charge in [0.25, 0.3) is 50.6 Å². The number of anilines is 9. The van der Waals surface area contributed by atoms with E-state index >= 15 is 0 Å². The molecule has 7 rings (SSSR count). The third kappa shape index (κ3) is 12.9. The highest BCUT2D eigenvalue weighted by Gasteiger charge is 2.25. The fraction of sp³-hybridized carbons (Fsp3) is 0. The first-order valence-electron chi connectivity index (χ1n) is 18.7. The van der Waals surface area contributed by atoms with Crippen molar-refractivity contribution in [1.82, 2.24) is 29.9 Å². The summed E-state index contributed by atoms with van der Waals surface area (Å²) in [6, 6.07) is 13.0. The summed E-state index contributed by atoms with van der Waals surface area (Å²) >= 11 is 12.3. The Hall–Kier alpha value is -7.42. The van der Waals surface area contributed by atoms with Crippen LogP contribution in [0, 0.1) is 0 Å². The molecule has 2 aromatic heterocycles. The summed E-state index contributed by atoms with van der Waals surface area (Å²) in [6.07, 6.45) is 0. The number of fused-ring (bicyclic) bond motifs is 1. The third-order valence-corrected chi connectivity index (χ3v) is 13.7. The van der Waals surface area contributed by atoms with E-state index < -0.39 is 108 Å². The number of carbonyl (C=O) groups is 1. The normalized spacial score (nSPS) is 12.4. The Kier molecular flexibility index (Phi) is 14.3. The van der Waals surface area contributed by atoms with Crippen LogP contribution in [0.15, 0.2) is 120 Å². The molecule has 12 N–H and O–H groups in total. The summed E-state index contributed by atoms with van der Waals surface area (Å²) in [7, 11) is -25.1. The highest BCUT2D eigenvalue weighted by atomic mass is 35.5. The van der Waals surface area contributed by atoms with Crippen LogP contribution in [-0.4, -0.2) is 101 Å². The second-order valence-electron chi connectivity index (χ2n) is 14.0. The van der Waals surface area contributed by atoms with E-state index in [4.69, 9.17) is 28.9 Å². The zero-order chi connectivity index (χ0) is 52.7. The van der Waals surface area contributed by atoms with Crippen molar-refractivity contribution in [1.29, 1.82) is 0 Å². The van der Waals surface area contributed by atoms with Crippen molar-refractivity contribution in [2.75, 3.05) is 26.6 Å². The molecule has 5 aromatic carbocycles. The molecular weight excluding hydrogens is 1100 g/mol. The number of nitrogens with two attached hydrogens (primary N) is 1. The van der Waals surface area contributed by atoms with Crippen LogP contribution in [0.5, 0.6) is 0 Å². The first kappa shape index (κ1) is 52.4. The fourth-order valence-electron chi connectivity index (χ4n) is 6.10. The lowest BCUT2D eigenvalue weighted by molar-refractivity contribution is 0.259. The van der Waals surface area contributed by atoms with Gasteiger partial charge in [-0.1, -0.05) is 6.07 Å². The summed E-state index contributed by atoms with van der Waals surface area (Å²) < 4.78 is 170. The Morgan fingerprint density at radius 1 is 0.472 bits per heavy atom. The second-order valence-corrected chi connectivity index (χ2v) is 21.7. The van der Waals surface area contributed by atoms with Crippen LogP contribution < -0.4 is 32.3 Å². The van der Waals surface area contributed by atoms with Gasteiger partial charge in [-0.05, 0) is 107 Å². The number of amides is 2. The molecule has 0 atom stereocenters. The smallest absolute Gasteiger partial charge is 0.316 e. The SMILES string of the molecule is NC(=O)Nc1cc(Nc2nc(Cl)nc(Nc3ccc(S(=O)(=O)O)c(Nc4nc(Cl)nc(Nc5cccc(S(=O)(=O)O)c5)n4)c3)n2)ccc1/N=N/c1cc2c(S(=O)(=O)O)cc(S(=O)(=O)O)cc2cc1S(=O)(=O)O. The highest BCUT2D eigenvalue weighted by Crippen LogP contribution is 2.38. The number of halogens is 2. The number of carbonyl (C=O) groups excluding carboxylic acids is 1. The van der Waals surface area contributed by atoms with Gasteiger partial charge in [-0.25, -0.2) is 4.79 Å². The first-order chi connectivity index (χ1) is 33.4. The summed E-state index contributed by atoms with van der Waals surface area (Å²) in [4.78, 5) is 31.8. The average Bonchev–Trinajstić information content (AvgIpc) is 3.23. The maximum absolute atomic E-state index is 12.4. The zero-order valence-electron chi connectivity index (χ0n) is 34.8. The predicted octanol–water partition coefficient (Wildman–Crippen LogP) is 5.63. The van der Waals surface area contributed by atoms with Crippen molar-refractivity contribution in [2.24, 2.45) is 16.0 Å². The molecule has 376 valence electrons. The molecular formula is C35H26Cl2N14O16S5. The van der Waals surface area contributed by atoms with Crippen molar-refractivity contribution in [3.63, 3.8) is 0 Å². The van der Waals surface area contributed by atoms with Gasteiger partial charge in [0, 0.05) is 22.4 Å². The Balaban J connectivity index is 1.17. The zero-order valence-corrected chi connectivity index (χ0v) is 40.4. The van der Waals surface area contributed by atoms with Crippen molar-refractivity contribution in [3.8, 4) is 0 Å². The molecule has 0 aliphatic carbocycles. The predicted molar refractivity (Wildman–Crippen MR) is 253 cm³/mol. The molecule has 72 heavy (non-hydrogen) atoms. The Morgan fingerprint density at radius 2 is 0.958 bits per heavy atom. The van der Waals surface area contributed by atoms with Gasteiger partial charge < -0.3 is 32.3 Å². The number of aromatic nitrogens is 6. The Labute approximate surface area is 414 Å². The van der Waals surface area contributed by atoms with Crippen molar-refractivity contribution in [2.45, 2.75) is 24.5 Å². The molecule has 0 aliphatic heterocycles. The molecule has 7 aromatic rings. The van der Waals surface area contributed by atoms with Crippen molar-refractivity contribution >= 4 is 154 Å². The van der Waals surface area contributed by atoms with Gasteiger partial charge in [-0.3, -0.25) is 22.8 Å². The van der Waals surface area contributed by atoms with E-state index in [2.05, 4.69) is 66.7 Å². The molecule has 0 bridgehead atoms. The maximum Gasteiger partial charge on any atom is 0.316 e. The lowest BCUT2D eigenvalue weighted by atomic mass is 10.1. The Morgan fingerprint density at radius 3 is 1.47 bits per heavy atom. The number of rotatable bonds is 16. The summed E-state index contributed by atoms with van der Waals surface area (Å²) in [5.41, 5.74) is 3.95. The largest absolute Gasteiger partial charge is 0.351 e. The van der Waals surface area contributed by atoms with Crippen molar-refractivity contribution in [3.05, 3.63) is 95.5 Å². The van der Waals surface area contributed by atoms with Gasteiger partial charge in [0.15, 0.2) is 0 Å². The van der Waals surface area contributed by atoms with Crippen LogP contribution in [0.3, 0.4) is 0 Å². The van der Waals surface area contributed by atoms with Gasteiger partial charge in [-0.2, -0.15) is 72.0 Å². The van der Waals surface area contributed by atoms with Crippen LogP contribution in [0.1, 0.15) is 0 Å². The van der Waals surface area contributed by atoms with E-state index in [0.717, 1.165) is 24.3 Å². The van der Waals surface area contributed by atoms with E-state index in [-0.39, 0.29) is 57.9 Å². The number of urea groups is 1. The molecule has 0 fully saturated rings. The number of nitrogens with one attached hydrogen (secondary N) is 5. The third-order valence-electron chi connectivity index (χ3n) is 8.96. The van der Waals surface area contributed by atoms with Gasteiger partial charge in [0.05, 0.1) is 21.2 Å². The lowest BCUT2D eigenvalue weighted by Crippen LogP contribution is -2.19. The number of nitrogens with zero attached hydrogens (tertiary/aromatic N) is 8. The Bertz CT molecular complexity index is 4030. The van der Waals surface area contributed by atoms with E-state index in [1.807, 2.05) is 0 Å². The number of hydrogen-bond acceptors (Lipinski definition) is 23. The monoisotopic (exact) mass is 1130 g/mol. The standard InChI is InChI=1S/C35H26Cl2N14O16S5/c36-29-44-33(48-34(45-29)41-18-5-7-26(70(59,60)61)24(12-18)43-35-47-30(37)46-32(49-35)39-16-2-1-3-19(10-16)68(53,54)55)40-17-4-6-22(23(11-17)42-31(38)52)50-51-25-14-21-15(9-28(25)72(65,66)67)8-20(69(56,57)58)13-27(21)71(62,63)64/h1-14H,(H3,38,42,52)(H,53,54,55)(H,56,57,58)(H,59,60,61)(H,62,63,64)(H,65,66,67)(H2,39,43,46,47,49)(H2,40,41,44,45,48)/b51-50+. The van der Waals surface area contributed by atoms with Crippen LogP contribution in [0.4, 0.5) is 68.4 Å². The van der Waals surface area contributed by atoms with E-state index in [0.29, 0.717) is 24.3 Å². The molecule has 0 saturated carbocycles. The van der Waals surface area contributed by atoms with Crippen LogP contribution in [-0.2, 0) is 50.6 Å². The van der Waals surface area contributed by atoms with Crippen LogP contribution >= 0.6 is 23.2 Å². The van der Waals surface area contributed by atoms with Gasteiger partial charge in [0.2, 0.25) is 34.4 Å². The lowest BCUT2D eigenvalue weighted by Gasteiger charge is -2.14. The second kappa shape index (κ2) is 19.6. The number of primary amides is 1. The molecule has 30 nitrogen and oxygen atoms in total. The highest BCUT2D eigenvalue weighted by molar-refractivity contribution is 7.87. The molecule has 0 radical (unpaired) electrons. The molecule has 2 heterocycles. The summed E-state index contributed by atoms with van der Waals surface area (Å²) in [6.45, 7) is 0. The van der Waals surface area contributed by atoms with Gasteiger partial charge in [-0.15, -0.1) is 10.2 Å². The average molecular weight is 1130 g/mol. The van der Waals surface area contributed by atoms with Gasteiger partial charge in [0.1, 0.15) is 26.1 Å². The summed E-state index contributed by atoms with van der Waals surface area (Å²) in [5.74, 6) is -1.21. The van der Waals surface area contributed by atoms with E-state index in [1.165, 1.54) is 36.4 Å². The van der Waals surface area contributed by atoms with Crippen molar-refractivity contribution < 1.29 is 69.6 Å². The van der Waals surface area contributed by atoms with Crippen LogP contribution in [0.2, 0.25) is 10.6 Å². The fourth-order valence-corrected chi connectivity index (χ4v) is 9.57. The minimum atomic E-state index is -5.26. The van der Waals surface area contributed by atoms with Crippen LogP contribution in [0.25, 0.3) is 10.8 Å². The van der Waals surface area contributed by atoms with Gasteiger partial charge >= 0.3 is 6.03 Å². The topological polar surface area (TPSA) is 477 Å². The molecule has 0 unspecified atom stereocenters. The quantitative estimate of drug-likeness (QED) is 0.0412. The number of benzene rings is 5. The molecule has 2 amide bonds. The first-order valence-corrected chi connectivity index (χ1v) is 26.6. The maximum atomic E-state index is 12.4.